The van der Waals surface area contributed by atoms with Gasteiger partial charge in [-0.1, -0.05) is 6.07 Å². The lowest BCUT2D eigenvalue weighted by atomic mass is 10.1. The molecule has 1 unspecified atom stereocenters. The molecule has 1 atom stereocenters. The van der Waals surface area contributed by atoms with Crippen LogP contribution in [0.4, 0.5) is 0 Å². The maximum atomic E-state index is 11.9. The Morgan fingerprint density at radius 3 is 2.53 bits per heavy atom. The van der Waals surface area contributed by atoms with Gasteiger partial charge in [0.05, 0.1) is 0 Å². The van der Waals surface area contributed by atoms with Crippen LogP contribution in [0.3, 0.4) is 0 Å². The van der Waals surface area contributed by atoms with Gasteiger partial charge in [0.1, 0.15) is 0 Å². The van der Waals surface area contributed by atoms with Gasteiger partial charge in [-0.25, -0.2) is 0 Å². The predicted molar refractivity (Wildman–Crippen MR) is 75.1 cm³/mol. The molecule has 0 spiro atoms. The van der Waals surface area contributed by atoms with Gasteiger partial charge in [0.25, 0.3) is 11.8 Å². The van der Waals surface area contributed by atoms with Crippen LogP contribution in [0.1, 0.15) is 34.1 Å². The van der Waals surface area contributed by atoms with Gasteiger partial charge in [0.2, 0.25) is 0 Å². The van der Waals surface area contributed by atoms with Crippen LogP contribution in [0.25, 0.3) is 0 Å². The molecule has 0 aliphatic heterocycles. The molecule has 0 aliphatic rings. The van der Waals surface area contributed by atoms with Gasteiger partial charge in [-0.15, -0.1) is 0 Å². The zero-order valence-corrected chi connectivity index (χ0v) is 11.6. The largest absolute Gasteiger partial charge is 0.352 e. The van der Waals surface area contributed by atoms with Crippen molar-refractivity contribution in [2.45, 2.75) is 19.4 Å². The Hall–Kier alpha value is -1.88. The van der Waals surface area contributed by atoms with E-state index >= 15 is 0 Å². The van der Waals surface area contributed by atoms with E-state index in [2.05, 4.69) is 5.32 Å². The molecule has 1 aromatic rings. The molecule has 1 aromatic carbocycles. The summed E-state index contributed by atoms with van der Waals surface area (Å²) >= 11 is 0. The molecule has 2 amide bonds. The molecule has 3 N–H and O–H groups in total. The molecule has 0 fully saturated rings. The molecule has 0 saturated heterocycles. The Bertz CT molecular complexity index is 456. The second-order valence-corrected chi connectivity index (χ2v) is 4.80. The minimum Gasteiger partial charge on any atom is -0.352 e. The van der Waals surface area contributed by atoms with E-state index in [-0.39, 0.29) is 17.9 Å². The second-order valence-electron chi connectivity index (χ2n) is 4.80. The summed E-state index contributed by atoms with van der Waals surface area (Å²) in [5.74, 6) is -0.306. The second kappa shape index (κ2) is 6.89. The third kappa shape index (κ3) is 4.71. The number of carbonyl (C=O) groups excluding carboxylic acids is 2. The molecular weight excluding hydrogens is 242 g/mol. The minimum absolute atomic E-state index is 0.0574. The first-order valence-corrected chi connectivity index (χ1v) is 6.27. The Balaban J connectivity index is 2.71. The highest BCUT2D eigenvalue weighted by atomic mass is 16.2. The quantitative estimate of drug-likeness (QED) is 0.827. The van der Waals surface area contributed by atoms with Crippen LogP contribution in [0.15, 0.2) is 24.3 Å². The average Bonchev–Trinajstić information content (AvgIpc) is 2.37. The monoisotopic (exact) mass is 263 g/mol. The zero-order valence-electron chi connectivity index (χ0n) is 11.6. The summed E-state index contributed by atoms with van der Waals surface area (Å²) in [5, 5.41) is 2.78. The van der Waals surface area contributed by atoms with Gasteiger partial charge >= 0.3 is 0 Å². The number of carbonyl (C=O) groups is 2. The van der Waals surface area contributed by atoms with Crippen molar-refractivity contribution in [3.8, 4) is 0 Å². The van der Waals surface area contributed by atoms with Crippen molar-refractivity contribution in [1.29, 1.82) is 0 Å². The fraction of sp³-hybridized carbons (Fsp3) is 0.429. The van der Waals surface area contributed by atoms with E-state index in [0.717, 1.165) is 6.42 Å². The highest BCUT2D eigenvalue weighted by molar-refractivity contribution is 5.99. The van der Waals surface area contributed by atoms with Crippen molar-refractivity contribution >= 4 is 11.8 Å². The summed E-state index contributed by atoms with van der Waals surface area (Å²) in [6, 6.07) is 6.75. The summed E-state index contributed by atoms with van der Waals surface area (Å²) in [6.45, 7) is 2.42. The average molecular weight is 263 g/mol. The molecule has 0 bridgehead atoms. The normalized spacial score (nSPS) is 11.8. The number of benzene rings is 1. The van der Waals surface area contributed by atoms with Gasteiger partial charge < -0.3 is 16.0 Å². The molecule has 0 radical (unpaired) electrons. The molecule has 0 aliphatic carbocycles. The lowest BCUT2D eigenvalue weighted by Gasteiger charge is -2.11. The Labute approximate surface area is 113 Å². The number of nitrogens with two attached hydrogens (primary N) is 1. The zero-order chi connectivity index (χ0) is 14.4. The van der Waals surface area contributed by atoms with E-state index < -0.39 is 0 Å². The van der Waals surface area contributed by atoms with Crippen molar-refractivity contribution < 1.29 is 9.59 Å². The number of nitrogens with one attached hydrogen (secondary N) is 1. The van der Waals surface area contributed by atoms with Crippen LogP contribution >= 0.6 is 0 Å². The molecule has 5 nitrogen and oxygen atoms in total. The molecule has 5 heteroatoms. The van der Waals surface area contributed by atoms with E-state index in [1.165, 1.54) is 4.90 Å². The number of nitrogens with zero attached hydrogens (tertiary/aromatic N) is 1. The van der Waals surface area contributed by atoms with Crippen LogP contribution in [0.5, 0.6) is 0 Å². The first kappa shape index (κ1) is 15.2. The van der Waals surface area contributed by atoms with Crippen LogP contribution in [-0.4, -0.2) is 43.4 Å². The summed E-state index contributed by atoms with van der Waals surface area (Å²) < 4.78 is 0. The van der Waals surface area contributed by atoms with Gasteiger partial charge in [-0.2, -0.15) is 0 Å². The van der Waals surface area contributed by atoms with Gasteiger partial charge in [0.15, 0.2) is 0 Å². The first-order valence-electron chi connectivity index (χ1n) is 6.27. The third-order valence-corrected chi connectivity index (χ3v) is 2.66. The van der Waals surface area contributed by atoms with Gasteiger partial charge in [-0.05, 0) is 31.5 Å². The molecule has 0 aromatic heterocycles. The molecule has 19 heavy (non-hydrogen) atoms. The number of hydrogen-bond acceptors (Lipinski definition) is 3. The molecule has 104 valence electrons. The van der Waals surface area contributed by atoms with Crippen molar-refractivity contribution in [2.24, 2.45) is 5.73 Å². The van der Waals surface area contributed by atoms with Crippen LogP contribution in [0, 0.1) is 0 Å². The van der Waals surface area contributed by atoms with E-state index in [4.69, 9.17) is 5.73 Å². The summed E-state index contributed by atoms with van der Waals surface area (Å²) in [6.07, 6.45) is 0.724. The number of rotatable bonds is 5. The van der Waals surface area contributed by atoms with Crippen LogP contribution in [-0.2, 0) is 0 Å². The summed E-state index contributed by atoms with van der Waals surface area (Å²) in [4.78, 5) is 25.2. The standard InChI is InChI=1S/C14H21N3O2/c1-10(15)7-8-16-13(18)11-5-4-6-12(9-11)14(19)17(2)3/h4-6,9-10H,7-8,15H2,1-3H3,(H,16,18). The van der Waals surface area contributed by atoms with Crippen molar-refractivity contribution in [2.75, 3.05) is 20.6 Å². The number of hydrogen-bond donors (Lipinski definition) is 2. The lowest BCUT2D eigenvalue weighted by Crippen LogP contribution is -2.29. The highest BCUT2D eigenvalue weighted by Gasteiger charge is 2.11. The smallest absolute Gasteiger partial charge is 0.253 e. The topological polar surface area (TPSA) is 75.4 Å². The number of amides is 2. The fourth-order valence-electron chi connectivity index (χ4n) is 1.57. The minimum atomic E-state index is -0.186. The highest BCUT2D eigenvalue weighted by Crippen LogP contribution is 2.07. The SMILES string of the molecule is CC(N)CCNC(=O)c1cccc(C(=O)N(C)C)c1. The Morgan fingerprint density at radius 2 is 1.95 bits per heavy atom. The lowest BCUT2D eigenvalue weighted by molar-refractivity contribution is 0.0827. The van der Waals surface area contributed by atoms with E-state index in [1.807, 2.05) is 6.92 Å². The molecule has 1 rings (SSSR count). The summed E-state index contributed by atoms with van der Waals surface area (Å²) in [7, 11) is 3.36. The van der Waals surface area contributed by atoms with Gasteiger partial charge in [0, 0.05) is 37.8 Å². The Morgan fingerprint density at radius 1 is 1.32 bits per heavy atom. The van der Waals surface area contributed by atoms with E-state index in [0.29, 0.717) is 17.7 Å². The fourth-order valence-corrected chi connectivity index (χ4v) is 1.57. The van der Waals surface area contributed by atoms with Crippen molar-refractivity contribution in [3.63, 3.8) is 0 Å². The summed E-state index contributed by atoms with van der Waals surface area (Å²) in [5.41, 5.74) is 6.60. The van der Waals surface area contributed by atoms with Gasteiger partial charge in [-0.3, -0.25) is 9.59 Å². The Kier molecular flexibility index (Phi) is 5.51. The van der Waals surface area contributed by atoms with E-state index in [1.54, 1.807) is 38.4 Å². The molecule has 0 heterocycles. The van der Waals surface area contributed by atoms with Crippen LogP contribution < -0.4 is 11.1 Å². The first-order chi connectivity index (χ1) is 8.91. The van der Waals surface area contributed by atoms with E-state index in [9.17, 15) is 9.59 Å². The third-order valence-electron chi connectivity index (χ3n) is 2.66. The predicted octanol–water partition coefficient (Wildman–Crippen LogP) is 0.855. The van der Waals surface area contributed by atoms with Crippen molar-refractivity contribution in [1.82, 2.24) is 10.2 Å². The maximum absolute atomic E-state index is 11.9. The maximum Gasteiger partial charge on any atom is 0.253 e. The molecule has 0 saturated carbocycles. The van der Waals surface area contributed by atoms with Crippen molar-refractivity contribution in [3.05, 3.63) is 35.4 Å². The van der Waals surface area contributed by atoms with Crippen LogP contribution in [0.2, 0.25) is 0 Å². The molecular formula is C14H21N3O2.